The topological polar surface area (TPSA) is 58.4 Å². The fourth-order valence-electron chi connectivity index (χ4n) is 3.82. The van der Waals surface area contributed by atoms with Crippen molar-refractivity contribution in [3.05, 3.63) is 24.3 Å². The second-order valence-corrected chi connectivity index (χ2v) is 6.49. The highest BCUT2D eigenvalue weighted by Crippen LogP contribution is 2.37. The Morgan fingerprint density at radius 2 is 2.05 bits per heavy atom. The SMILES string of the molecule is Nc1cccc(NC(=O)CCCN2CC3CCCC3C2)c1. The van der Waals surface area contributed by atoms with Gasteiger partial charge < -0.3 is 16.0 Å². The van der Waals surface area contributed by atoms with Gasteiger partial charge in [0.1, 0.15) is 0 Å². The summed E-state index contributed by atoms with van der Waals surface area (Å²) in [5.74, 6) is 1.96. The molecule has 1 aliphatic heterocycles. The number of hydrogen-bond donors (Lipinski definition) is 2. The lowest BCUT2D eigenvalue weighted by Gasteiger charge is -2.16. The monoisotopic (exact) mass is 287 g/mol. The Labute approximate surface area is 126 Å². The molecule has 0 radical (unpaired) electrons. The molecule has 2 unspecified atom stereocenters. The van der Waals surface area contributed by atoms with Crippen molar-refractivity contribution in [3.8, 4) is 0 Å². The number of nitrogens with two attached hydrogens (primary N) is 1. The van der Waals surface area contributed by atoms with Gasteiger partial charge in [-0.05, 0) is 55.8 Å². The van der Waals surface area contributed by atoms with Crippen molar-refractivity contribution in [2.75, 3.05) is 30.7 Å². The van der Waals surface area contributed by atoms with E-state index in [0.29, 0.717) is 12.1 Å². The zero-order valence-corrected chi connectivity index (χ0v) is 12.6. The van der Waals surface area contributed by atoms with Crippen LogP contribution in [0.15, 0.2) is 24.3 Å². The Hall–Kier alpha value is -1.55. The van der Waals surface area contributed by atoms with E-state index >= 15 is 0 Å². The quantitative estimate of drug-likeness (QED) is 0.819. The number of nitrogen functional groups attached to an aromatic ring is 1. The van der Waals surface area contributed by atoms with Crippen LogP contribution in [0.3, 0.4) is 0 Å². The number of benzene rings is 1. The van der Waals surface area contributed by atoms with Crippen molar-refractivity contribution in [2.24, 2.45) is 11.8 Å². The van der Waals surface area contributed by atoms with Crippen molar-refractivity contribution in [1.82, 2.24) is 4.90 Å². The molecule has 2 fully saturated rings. The number of anilines is 2. The standard InChI is InChI=1S/C17H25N3O/c18-15-6-2-7-16(10-15)19-17(21)8-3-9-20-11-13-4-1-5-14(13)12-20/h2,6-7,10,13-14H,1,3-5,8-9,11-12,18H2,(H,19,21). The van der Waals surface area contributed by atoms with Crippen molar-refractivity contribution >= 4 is 17.3 Å². The lowest BCUT2D eigenvalue weighted by molar-refractivity contribution is -0.116. The van der Waals surface area contributed by atoms with Gasteiger partial charge in [0.15, 0.2) is 0 Å². The van der Waals surface area contributed by atoms with Gasteiger partial charge in [0.05, 0.1) is 0 Å². The molecule has 3 N–H and O–H groups in total. The van der Waals surface area contributed by atoms with Crippen LogP contribution in [-0.2, 0) is 4.79 Å². The van der Waals surface area contributed by atoms with Crippen LogP contribution in [0.2, 0.25) is 0 Å². The molecule has 1 amide bonds. The molecule has 0 spiro atoms. The van der Waals surface area contributed by atoms with E-state index in [1.807, 2.05) is 18.2 Å². The Morgan fingerprint density at radius 1 is 1.29 bits per heavy atom. The third kappa shape index (κ3) is 3.76. The summed E-state index contributed by atoms with van der Waals surface area (Å²) >= 11 is 0. The molecule has 1 heterocycles. The third-order valence-electron chi connectivity index (χ3n) is 4.85. The van der Waals surface area contributed by atoms with Gasteiger partial charge >= 0.3 is 0 Å². The minimum Gasteiger partial charge on any atom is -0.399 e. The highest BCUT2D eigenvalue weighted by Gasteiger charge is 2.35. The van der Waals surface area contributed by atoms with Crippen molar-refractivity contribution < 1.29 is 4.79 Å². The maximum atomic E-state index is 11.9. The molecule has 0 bridgehead atoms. The third-order valence-corrected chi connectivity index (χ3v) is 4.85. The molecule has 1 aromatic carbocycles. The molecule has 0 aromatic heterocycles. The molecule has 1 aromatic rings. The molecule has 1 saturated carbocycles. The molecule has 21 heavy (non-hydrogen) atoms. The second kappa shape index (κ2) is 6.48. The summed E-state index contributed by atoms with van der Waals surface area (Å²) in [5.41, 5.74) is 7.17. The maximum Gasteiger partial charge on any atom is 0.224 e. The number of fused-ring (bicyclic) bond motifs is 1. The average Bonchev–Trinajstić information content (AvgIpc) is 2.99. The van der Waals surface area contributed by atoms with Crippen LogP contribution in [0.4, 0.5) is 11.4 Å². The number of rotatable bonds is 5. The lowest BCUT2D eigenvalue weighted by atomic mass is 10.0. The van der Waals surface area contributed by atoms with E-state index in [0.717, 1.165) is 30.5 Å². The minimum absolute atomic E-state index is 0.0833. The first-order valence-electron chi connectivity index (χ1n) is 8.08. The molecular formula is C17H25N3O. The Kier molecular flexibility index (Phi) is 4.44. The first kappa shape index (κ1) is 14.4. The molecule has 3 rings (SSSR count). The van der Waals surface area contributed by atoms with Crippen molar-refractivity contribution in [3.63, 3.8) is 0 Å². The Bertz CT molecular complexity index is 491. The number of hydrogen-bond acceptors (Lipinski definition) is 3. The van der Waals surface area contributed by atoms with Gasteiger partial charge in [-0.1, -0.05) is 12.5 Å². The zero-order chi connectivity index (χ0) is 14.7. The first-order valence-corrected chi connectivity index (χ1v) is 8.08. The molecule has 4 nitrogen and oxygen atoms in total. The first-order chi connectivity index (χ1) is 10.2. The zero-order valence-electron chi connectivity index (χ0n) is 12.6. The smallest absolute Gasteiger partial charge is 0.224 e. The molecule has 1 saturated heterocycles. The van der Waals surface area contributed by atoms with Gasteiger partial charge in [-0.2, -0.15) is 0 Å². The van der Waals surface area contributed by atoms with E-state index in [1.54, 1.807) is 6.07 Å². The van der Waals surface area contributed by atoms with Crippen LogP contribution in [-0.4, -0.2) is 30.4 Å². The molecule has 1 aliphatic carbocycles. The average molecular weight is 287 g/mol. The Balaban J connectivity index is 1.36. The number of nitrogens with one attached hydrogen (secondary N) is 1. The van der Waals surface area contributed by atoms with E-state index in [9.17, 15) is 4.79 Å². The van der Waals surface area contributed by atoms with Crippen LogP contribution < -0.4 is 11.1 Å². The van der Waals surface area contributed by atoms with Crippen LogP contribution in [0.1, 0.15) is 32.1 Å². The molecule has 4 heteroatoms. The van der Waals surface area contributed by atoms with E-state index in [1.165, 1.54) is 32.4 Å². The van der Waals surface area contributed by atoms with E-state index in [-0.39, 0.29) is 5.91 Å². The summed E-state index contributed by atoms with van der Waals surface area (Å²) in [5, 5.41) is 2.91. The number of carbonyl (C=O) groups excluding carboxylic acids is 1. The summed E-state index contributed by atoms with van der Waals surface area (Å²) in [4.78, 5) is 14.5. The predicted octanol–water partition coefficient (Wildman–Crippen LogP) is 2.72. The Morgan fingerprint density at radius 3 is 2.76 bits per heavy atom. The van der Waals surface area contributed by atoms with E-state index in [2.05, 4.69) is 10.2 Å². The molecule has 114 valence electrons. The van der Waals surface area contributed by atoms with Crippen LogP contribution in [0.25, 0.3) is 0 Å². The maximum absolute atomic E-state index is 11.9. The van der Waals surface area contributed by atoms with Gasteiger partial charge in [0.2, 0.25) is 5.91 Å². The van der Waals surface area contributed by atoms with Crippen LogP contribution >= 0.6 is 0 Å². The normalized spacial score (nSPS) is 25.0. The molecule has 2 atom stereocenters. The van der Waals surface area contributed by atoms with Gasteiger partial charge in [0, 0.05) is 30.9 Å². The fourth-order valence-corrected chi connectivity index (χ4v) is 3.82. The van der Waals surface area contributed by atoms with E-state index in [4.69, 9.17) is 5.73 Å². The summed E-state index contributed by atoms with van der Waals surface area (Å²) in [6.45, 7) is 3.56. The minimum atomic E-state index is 0.0833. The van der Waals surface area contributed by atoms with Crippen molar-refractivity contribution in [2.45, 2.75) is 32.1 Å². The second-order valence-electron chi connectivity index (χ2n) is 6.49. The van der Waals surface area contributed by atoms with Gasteiger partial charge in [-0.3, -0.25) is 4.79 Å². The number of nitrogens with zero attached hydrogens (tertiary/aromatic N) is 1. The van der Waals surface area contributed by atoms with Gasteiger partial charge in [-0.25, -0.2) is 0 Å². The molecular weight excluding hydrogens is 262 g/mol. The van der Waals surface area contributed by atoms with Gasteiger partial charge in [0.25, 0.3) is 0 Å². The number of carbonyl (C=O) groups is 1. The molecule has 2 aliphatic rings. The summed E-state index contributed by atoms with van der Waals surface area (Å²) in [6.07, 6.45) is 5.77. The highest BCUT2D eigenvalue weighted by atomic mass is 16.1. The van der Waals surface area contributed by atoms with Crippen LogP contribution in [0.5, 0.6) is 0 Å². The summed E-state index contributed by atoms with van der Waals surface area (Å²) < 4.78 is 0. The highest BCUT2D eigenvalue weighted by molar-refractivity contribution is 5.91. The largest absolute Gasteiger partial charge is 0.399 e. The number of amides is 1. The van der Waals surface area contributed by atoms with Crippen molar-refractivity contribution in [1.29, 1.82) is 0 Å². The predicted molar refractivity (Wildman–Crippen MR) is 86.0 cm³/mol. The summed E-state index contributed by atoms with van der Waals surface area (Å²) in [6, 6.07) is 7.34. The number of likely N-dealkylation sites (tertiary alicyclic amines) is 1. The fraction of sp³-hybridized carbons (Fsp3) is 0.588. The summed E-state index contributed by atoms with van der Waals surface area (Å²) in [7, 11) is 0. The van der Waals surface area contributed by atoms with E-state index < -0.39 is 0 Å². The lowest BCUT2D eigenvalue weighted by Crippen LogP contribution is -2.24. The van der Waals surface area contributed by atoms with Crippen LogP contribution in [0, 0.1) is 11.8 Å². The van der Waals surface area contributed by atoms with Gasteiger partial charge in [-0.15, -0.1) is 0 Å².